The molecule has 2 aromatic rings. The Labute approximate surface area is 155 Å². The third kappa shape index (κ3) is 4.91. The van der Waals surface area contributed by atoms with Crippen LogP contribution in [0.25, 0.3) is 10.7 Å². The van der Waals surface area contributed by atoms with E-state index in [1.165, 1.54) is 0 Å². The van der Waals surface area contributed by atoms with Gasteiger partial charge in [0.25, 0.3) is 0 Å². The van der Waals surface area contributed by atoms with E-state index in [-0.39, 0.29) is 11.9 Å². The largest absolute Gasteiger partial charge is 0.481 e. The van der Waals surface area contributed by atoms with Gasteiger partial charge in [-0.25, -0.2) is 0 Å². The van der Waals surface area contributed by atoms with Crippen LogP contribution in [0, 0.1) is 5.92 Å². The summed E-state index contributed by atoms with van der Waals surface area (Å²) in [5, 5.41) is 18.2. The first-order valence-corrected chi connectivity index (χ1v) is 9.90. The molecule has 0 aromatic carbocycles. The Balaban J connectivity index is 1.45. The Hall–Kier alpha value is -2.22. The molecule has 8 heteroatoms. The van der Waals surface area contributed by atoms with Gasteiger partial charge in [0.2, 0.25) is 17.6 Å². The lowest BCUT2D eigenvalue weighted by Crippen LogP contribution is -2.42. The summed E-state index contributed by atoms with van der Waals surface area (Å²) in [7, 11) is 0. The molecule has 2 heterocycles. The summed E-state index contributed by atoms with van der Waals surface area (Å²) in [4.78, 5) is 28.9. The minimum Gasteiger partial charge on any atom is -0.481 e. The van der Waals surface area contributed by atoms with E-state index in [1.807, 2.05) is 17.5 Å². The van der Waals surface area contributed by atoms with Crippen LogP contribution in [0.4, 0.5) is 0 Å². The molecule has 0 unspecified atom stereocenters. The van der Waals surface area contributed by atoms with Gasteiger partial charge in [-0.2, -0.15) is 4.98 Å². The average Bonchev–Trinajstić information content (AvgIpc) is 3.23. The van der Waals surface area contributed by atoms with Gasteiger partial charge in [-0.05, 0) is 30.7 Å². The van der Waals surface area contributed by atoms with Crippen LogP contribution < -0.4 is 5.32 Å². The summed E-state index contributed by atoms with van der Waals surface area (Å²) < 4.78 is 5.22. The fraction of sp³-hybridized carbons (Fsp3) is 0.556. The Morgan fingerprint density at radius 3 is 2.92 bits per heavy atom. The first-order valence-electron chi connectivity index (χ1n) is 9.02. The molecule has 2 N–H and O–H groups in total. The molecule has 140 valence electrons. The van der Waals surface area contributed by atoms with E-state index >= 15 is 0 Å². The van der Waals surface area contributed by atoms with Crippen LogP contribution in [-0.4, -0.2) is 33.2 Å². The van der Waals surface area contributed by atoms with E-state index in [4.69, 9.17) is 4.52 Å². The summed E-state index contributed by atoms with van der Waals surface area (Å²) >= 11 is 1.54. The van der Waals surface area contributed by atoms with Crippen molar-refractivity contribution in [3.63, 3.8) is 0 Å². The number of thiophene rings is 1. The van der Waals surface area contributed by atoms with E-state index in [1.54, 1.807) is 11.3 Å². The highest BCUT2D eigenvalue weighted by atomic mass is 32.1. The quantitative estimate of drug-likeness (QED) is 0.718. The predicted octanol–water partition coefficient (Wildman–Crippen LogP) is 3.27. The summed E-state index contributed by atoms with van der Waals surface area (Å²) in [6.45, 7) is 0. The SMILES string of the molecule is O=C(CCCc1nc(-c2cccs2)no1)N[C@H]1CCCCC[C@H]1C(=O)O. The molecule has 2 aromatic heterocycles. The van der Waals surface area contributed by atoms with Crippen LogP contribution >= 0.6 is 11.3 Å². The van der Waals surface area contributed by atoms with Gasteiger partial charge in [-0.3, -0.25) is 9.59 Å². The van der Waals surface area contributed by atoms with Gasteiger partial charge in [0.15, 0.2) is 0 Å². The molecule has 1 fully saturated rings. The number of nitrogens with zero attached hydrogens (tertiary/aromatic N) is 2. The van der Waals surface area contributed by atoms with Gasteiger partial charge in [-0.1, -0.05) is 30.5 Å². The van der Waals surface area contributed by atoms with Crippen molar-refractivity contribution in [2.24, 2.45) is 5.92 Å². The van der Waals surface area contributed by atoms with Crippen molar-refractivity contribution < 1.29 is 19.2 Å². The molecule has 1 saturated carbocycles. The maximum absolute atomic E-state index is 12.2. The molecule has 1 amide bonds. The van der Waals surface area contributed by atoms with Crippen LogP contribution in [0.3, 0.4) is 0 Å². The smallest absolute Gasteiger partial charge is 0.308 e. The van der Waals surface area contributed by atoms with Crippen molar-refractivity contribution >= 4 is 23.2 Å². The number of rotatable bonds is 7. The molecular formula is C18H23N3O4S. The van der Waals surface area contributed by atoms with Crippen LogP contribution in [-0.2, 0) is 16.0 Å². The fourth-order valence-electron chi connectivity index (χ4n) is 3.32. The van der Waals surface area contributed by atoms with E-state index < -0.39 is 11.9 Å². The number of nitrogens with one attached hydrogen (secondary N) is 1. The van der Waals surface area contributed by atoms with Crippen molar-refractivity contribution in [2.75, 3.05) is 0 Å². The van der Waals surface area contributed by atoms with Gasteiger partial charge < -0.3 is 14.9 Å². The second-order valence-electron chi connectivity index (χ2n) is 6.60. The minimum absolute atomic E-state index is 0.110. The predicted molar refractivity (Wildman–Crippen MR) is 96.7 cm³/mol. The highest BCUT2D eigenvalue weighted by molar-refractivity contribution is 7.13. The van der Waals surface area contributed by atoms with Gasteiger partial charge in [-0.15, -0.1) is 11.3 Å². The monoisotopic (exact) mass is 377 g/mol. The van der Waals surface area contributed by atoms with E-state index in [0.29, 0.717) is 37.4 Å². The summed E-state index contributed by atoms with van der Waals surface area (Å²) in [5.74, 6) is -0.322. The number of aliphatic carboxylic acids is 1. The summed E-state index contributed by atoms with van der Waals surface area (Å²) in [5.41, 5.74) is 0. The number of aromatic nitrogens is 2. The molecule has 0 aliphatic heterocycles. The van der Waals surface area contributed by atoms with E-state index in [9.17, 15) is 14.7 Å². The second-order valence-corrected chi connectivity index (χ2v) is 7.55. The number of amides is 1. The molecule has 0 bridgehead atoms. The van der Waals surface area contributed by atoms with Gasteiger partial charge in [0.1, 0.15) is 0 Å². The topological polar surface area (TPSA) is 105 Å². The van der Waals surface area contributed by atoms with Crippen LogP contribution in [0.1, 0.15) is 50.8 Å². The lowest BCUT2D eigenvalue weighted by Gasteiger charge is -2.22. The maximum atomic E-state index is 12.2. The Morgan fingerprint density at radius 1 is 1.31 bits per heavy atom. The third-order valence-electron chi connectivity index (χ3n) is 4.68. The lowest BCUT2D eigenvalue weighted by molar-refractivity contribution is -0.143. The maximum Gasteiger partial charge on any atom is 0.308 e. The Bertz CT molecular complexity index is 729. The Kier molecular flexibility index (Phi) is 6.38. The van der Waals surface area contributed by atoms with Crippen LogP contribution in [0.15, 0.2) is 22.0 Å². The first-order chi connectivity index (χ1) is 12.6. The summed E-state index contributed by atoms with van der Waals surface area (Å²) in [6.07, 6.45) is 5.69. The van der Waals surface area contributed by atoms with Crippen molar-refractivity contribution in [3.8, 4) is 10.7 Å². The third-order valence-corrected chi connectivity index (χ3v) is 5.55. The number of carboxylic acids is 1. The standard InChI is InChI=1S/C18H23N3O4S/c22-15(19-13-7-3-1-2-6-12(13)18(23)24)9-4-10-16-20-17(21-25-16)14-8-5-11-26-14/h5,8,11-13H,1-4,6-7,9-10H2,(H,19,22)(H,23,24)/t12-,13+/m1/s1. The zero-order chi connectivity index (χ0) is 18.4. The minimum atomic E-state index is -0.816. The average molecular weight is 377 g/mol. The Morgan fingerprint density at radius 2 is 2.15 bits per heavy atom. The number of hydrogen-bond donors (Lipinski definition) is 2. The molecule has 0 radical (unpaired) electrons. The number of carbonyl (C=O) groups excluding carboxylic acids is 1. The molecule has 0 spiro atoms. The molecule has 3 rings (SSSR count). The fourth-order valence-corrected chi connectivity index (χ4v) is 3.97. The molecule has 2 atom stereocenters. The van der Waals surface area contributed by atoms with Gasteiger partial charge in [0, 0.05) is 18.9 Å². The highest BCUT2D eigenvalue weighted by Crippen LogP contribution is 2.24. The van der Waals surface area contributed by atoms with Gasteiger partial charge >= 0.3 is 5.97 Å². The molecule has 0 saturated heterocycles. The normalized spacial score (nSPS) is 20.5. The van der Waals surface area contributed by atoms with Crippen molar-refractivity contribution in [1.82, 2.24) is 15.5 Å². The number of hydrogen-bond acceptors (Lipinski definition) is 6. The second kappa shape index (κ2) is 8.93. The summed E-state index contributed by atoms with van der Waals surface area (Å²) in [6, 6.07) is 3.59. The molecule has 1 aliphatic carbocycles. The molecule has 1 aliphatic rings. The zero-order valence-corrected chi connectivity index (χ0v) is 15.3. The number of aryl methyl sites for hydroxylation is 1. The van der Waals surface area contributed by atoms with Crippen molar-refractivity contribution in [2.45, 2.75) is 57.4 Å². The molecule has 26 heavy (non-hydrogen) atoms. The number of carboxylic acid groups (broad SMARTS) is 1. The van der Waals surface area contributed by atoms with E-state index in [2.05, 4.69) is 15.5 Å². The van der Waals surface area contributed by atoms with Crippen molar-refractivity contribution in [1.29, 1.82) is 0 Å². The van der Waals surface area contributed by atoms with Gasteiger partial charge in [0.05, 0.1) is 10.8 Å². The van der Waals surface area contributed by atoms with E-state index in [0.717, 1.165) is 30.6 Å². The molecular weight excluding hydrogens is 354 g/mol. The van der Waals surface area contributed by atoms with Crippen molar-refractivity contribution in [3.05, 3.63) is 23.4 Å². The zero-order valence-electron chi connectivity index (χ0n) is 14.5. The first kappa shape index (κ1) is 18.6. The van der Waals surface area contributed by atoms with Crippen LogP contribution in [0.5, 0.6) is 0 Å². The molecule has 7 nitrogen and oxygen atoms in total. The van der Waals surface area contributed by atoms with Crippen LogP contribution in [0.2, 0.25) is 0 Å². The lowest BCUT2D eigenvalue weighted by atomic mass is 9.94. The number of carbonyl (C=O) groups is 2. The highest BCUT2D eigenvalue weighted by Gasteiger charge is 2.30.